The summed E-state index contributed by atoms with van der Waals surface area (Å²) < 4.78 is 2.35. The van der Waals surface area contributed by atoms with Crippen LogP contribution < -0.4 is 4.57 Å². The van der Waals surface area contributed by atoms with E-state index < -0.39 is 0 Å². The Morgan fingerprint density at radius 1 is 0.941 bits per heavy atom. The van der Waals surface area contributed by atoms with Crippen LogP contribution in [0.2, 0.25) is 0 Å². The average molecular weight is 226 g/mol. The molecule has 1 heterocycles. The molecule has 17 heavy (non-hydrogen) atoms. The summed E-state index contributed by atoms with van der Waals surface area (Å²) >= 11 is 0. The zero-order chi connectivity index (χ0) is 12.1. The van der Waals surface area contributed by atoms with Gasteiger partial charge in [0.2, 0.25) is 0 Å². The van der Waals surface area contributed by atoms with E-state index in [0.29, 0.717) is 0 Å². The van der Waals surface area contributed by atoms with Crippen molar-refractivity contribution >= 4 is 0 Å². The highest BCUT2D eigenvalue weighted by Gasteiger charge is 2.05. The second kappa shape index (κ2) is 5.62. The van der Waals surface area contributed by atoms with Gasteiger partial charge >= 0.3 is 0 Å². The normalized spacial score (nSPS) is 10.5. The van der Waals surface area contributed by atoms with Crippen LogP contribution in [-0.2, 0) is 13.0 Å². The lowest BCUT2D eigenvalue weighted by atomic mass is 10.1. The van der Waals surface area contributed by atoms with Gasteiger partial charge in [0.25, 0.3) is 0 Å². The number of rotatable bonds is 4. The van der Waals surface area contributed by atoms with E-state index in [1.54, 1.807) is 0 Å². The summed E-state index contributed by atoms with van der Waals surface area (Å²) in [6, 6.07) is 15.1. The van der Waals surface area contributed by atoms with Crippen LogP contribution in [0, 0.1) is 13.8 Å². The Hall–Kier alpha value is -1.63. The lowest BCUT2D eigenvalue weighted by Gasteiger charge is -2.02. The molecule has 2 aromatic rings. The minimum absolute atomic E-state index is 1.10. The molecule has 0 atom stereocenters. The van der Waals surface area contributed by atoms with E-state index in [9.17, 15) is 0 Å². The highest BCUT2D eigenvalue weighted by atomic mass is 14.9. The lowest BCUT2D eigenvalue weighted by molar-refractivity contribution is -0.703. The SMILES string of the molecule is Cc1ccc(C)[n+](CCCc2ccccc2)c1. The fourth-order valence-electron chi connectivity index (χ4n) is 2.08. The molecule has 88 valence electrons. The first kappa shape index (κ1) is 11.8. The highest BCUT2D eigenvalue weighted by molar-refractivity contribution is 5.14. The Bertz CT molecular complexity index is 474. The topological polar surface area (TPSA) is 3.88 Å². The van der Waals surface area contributed by atoms with Crippen molar-refractivity contribution in [3.63, 3.8) is 0 Å². The molecule has 2 rings (SSSR count). The molecule has 0 spiro atoms. The van der Waals surface area contributed by atoms with Gasteiger partial charge in [-0.15, -0.1) is 0 Å². The molecular weight excluding hydrogens is 206 g/mol. The Morgan fingerprint density at radius 2 is 1.71 bits per heavy atom. The van der Waals surface area contributed by atoms with E-state index in [4.69, 9.17) is 0 Å². The maximum absolute atomic E-state index is 2.35. The molecule has 0 amide bonds. The molecule has 1 heteroatoms. The average Bonchev–Trinajstić information content (AvgIpc) is 2.35. The molecule has 0 radical (unpaired) electrons. The molecule has 0 aliphatic carbocycles. The molecule has 0 saturated heterocycles. The van der Waals surface area contributed by atoms with Crippen molar-refractivity contribution in [1.82, 2.24) is 0 Å². The molecule has 1 aromatic carbocycles. The quantitative estimate of drug-likeness (QED) is 0.705. The van der Waals surface area contributed by atoms with Gasteiger partial charge in [0.1, 0.15) is 6.54 Å². The third-order valence-electron chi connectivity index (χ3n) is 3.11. The molecule has 0 aliphatic rings. The Kier molecular flexibility index (Phi) is 3.92. The van der Waals surface area contributed by atoms with E-state index >= 15 is 0 Å². The first-order valence-electron chi connectivity index (χ1n) is 6.26. The third kappa shape index (κ3) is 3.42. The summed E-state index contributed by atoms with van der Waals surface area (Å²) in [5.41, 5.74) is 4.09. The molecule has 0 unspecified atom stereocenters. The maximum atomic E-state index is 2.35. The molecule has 0 saturated carbocycles. The number of pyridine rings is 1. The first-order valence-corrected chi connectivity index (χ1v) is 6.26. The van der Waals surface area contributed by atoms with Gasteiger partial charge in [-0.25, -0.2) is 4.57 Å². The minimum atomic E-state index is 1.10. The Labute approximate surface area is 104 Å². The fraction of sp³-hybridized carbons (Fsp3) is 0.312. The van der Waals surface area contributed by atoms with Crippen LogP contribution in [0.4, 0.5) is 0 Å². The van der Waals surface area contributed by atoms with Crippen LogP contribution in [0.5, 0.6) is 0 Å². The van der Waals surface area contributed by atoms with Gasteiger partial charge in [0, 0.05) is 25.0 Å². The summed E-state index contributed by atoms with van der Waals surface area (Å²) in [5, 5.41) is 0. The third-order valence-corrected chi connectivity index (χ3v) is 3.11. The summed E-state index contributed by atoms with van der Waals surface area (Å²) in [6.45, 7) is 5.41. The van der Waals surface area contributed by atoms with E-state index in [2.05, 4.69) is 67.1 Å². The zero-order valence-corrected chi connectivity index (χ0v) is 10.7. The van der Waals surface area contributed by atoms with Gasteiger partial charge in [-0.1, -0.05) is 30.3 Å². The molecule has 1 aromatic heterocycles. The molecule has 0 bridgehead atoms. The second-order valence-corrected chi connectivity index (χ2v) is 4.63. The van der Waals surface area contributed by atoms with Crippen molar-refractivity contribution < 1.29 is 4.57 Å². The van der Waals surface area contributed by atoms with Gasteiger partial charge in [-0.05, 0) is 25.0 Å². The van der Waals surface area contributed by atoms with Crippen LogP contribution in [0.3, 0.4) is 0 Å². The Balaban J connectivity index is 1.92. The largest absolute Gasteiger partial charge is 0.202 e. The number of benzene rings is 1. The van der Waals surface area contributed by atoms with E-state index in [-0.39, 0.29) is 0 Å². The number of aryl methyl sites for hydroxylation is 4. The van der Waals surface area contributed by atoms with Crippen molar-refractivity contribution in [3.8, 4) is 0 Å². The van der Waals surface area contributed by atoms with E-state index in [1.807, 2.05) is 0 Å². The van der Waals surface area contributed by atoms with Crippen LogP contribution in [0.15, 0.2) is 48.7 Å². The molecule has 0 fully saturated rings. The van der Waals surface area contributed by atoms with Crippen LogP contribution in [0.1, 0.15) is 23.2 Å². The zero-order valence-electron chi connectivity index (χ0n) is 10.7. The van der Waals surface area contributed by atoms with Crippen LogP contribution in [0.25, 0.3) is 0 Å². The smallest absolute Gasteiger partial charge is 0.178 e. The van der Waals surface area contributed by atoms with Crippen molar-refractivity contribution in [2.24, 2.45) is 0 Å². The summed E-state index contributed by atoms with van der Waals surface area (Å²) in [4.78, 5) is 0. The minimum Gasteiger partial charge on any atom is -0.202 e. The van der Waals surface area contributed by atoms with Gasteiger partial charge < -0.3 is 0 Å². The monoisotopic (exact) mass is 226 g/mol. The van der Waals surface area contributed by atoms with Crippen molar-refractivity contribution in [1.29, 1.82) is 0 Å². The van der Waals surface area contributed by atoms with Gasteiger partial charge in [-0.2, -0.15) is 0 Å². The fourth-order valence-corrected chi connectivity index (χ4v) is 2.08. The summed E-state index contributed by atoms with van der Waals surface area (Å²) in [5.74, 6) is 0. The maximum Gasteiger partial charge on any atom is 0.178 e. The second-order valence-electron chi connectivity index (χ2n) is 4.63. The highest BCUT2D eigenvalue weighted by Crippen LogP contribution is 2.03. The predicted octanol–water partition coefficient (Wildman–Crippen LogP) is 3.22. The van der Waals surface area contributed by atoms with Crippen LogP contribution in [-0.4, -0.2) is 0 Å². The van der Waals surface area contributed by atoms with E-state index in [1.165, 1.54) is 23.2 Å². The molecule has 0 N–H and O–H groups in total. The first-order chi connectivity index (χ1) is 8.25. The van der Waals surface area contributed by atoms with Crippen LogP contribution >= 0.6 is 0 Å². The van der Waals surface area contributed by atoms with Crippen molar-refractivity contribution in [2.45, 2.75) is 33.2 Å². The standard InChI is InChI=1S/C16H20N/c1-14-10-11-15(2)17(13-14)12-6-9-16-7-4-3-5-8-16/h3-5,7-8,10-11,13H,6,9,12H2,1-2H3/q+1. The number of hydrogen-bond acceptors (Lipinski definition) is 0. The van der Waals surface area contributed by atoms with Crippen molar-refractivity contribution in [3.05, 3.63) is 65.5 Å². The predicted molar refractivity (Wildman–Crippen MR) is 70.9 cm³/mol. The lowest BCUT2D eigenvalue weighted by Crippen LogP contribution is -2.37. The van der Waals surface area contributed by atoms with Crippen molar-refractivity contribution in [2.75, 3.05) is 0 Å². The number of nitrogens with zero attached hydrogens (tertiary/aromatic N) is 1. The summed E-state index contributed by atoms with van der Waals surface area (Å²) in [6.07, 6.45) is 4.58. The van der Waals surface area contributed by atoms with Gasteiger partial charge in [-0.3, -0.25) is 0 Å². The summed E-state index contributed by atoms with van der Waals surface area (Å²) in [7, 11) is 0. The molecule has 0 aliphatic heterocycles. The Morgan fingerprint density at radius 3 is 2.47 bits per heavy atom. The molecule has 1 nitrogen and oxygen atoms in total. The van der Waals surface area contributed by atoms with Gasteiger partial charge in [0.05, 0.1) is 0 Å². The number of hydrogen-bond donors (Lipinski definition) is 0. The number of aromatic nitrogens is 1. The molecular formula is C16H20N+. The van der Waals surface area contributed by atoms with Gasteiger partial charge in [0.15, 0.2) is 11.9 Å². The van der Waals surface area contributed by atoms with E-state index in [0.717, 1.165) is 13.0 Å².